The molecule has 1 N–H and O–H groups in total. The second kappa shape index (κ2) is 5.56. The molecule has 5 heteroatoms. The van der Waals surface area contributed by atoms with E-state index in [2.05, 4.69) is 27.6 Å². The molecule has 0 aromatic carbocycles. The van der Waals surface area contributed by atoms with E-state index >= 15 is 0 Å². The summed E-state index contributed by atoms with van der Waals surface area (Å²) in [6.45, 7) is 5.99. The standard InChI is InChI=1S/C15H22N4S/c1-3-19-14-13(11(2)17-19)16-15(20)18(14)10-9-12-7-5-4-6-8-12/h7H,3-6,8-10H2,1-2H3,(H,16,20). The minimum absolute atomic E-state index is 0.819. The van der Waals surface area contributed by atoms with E-state index in [0.717, 1.165) is 41.1 Å². The zero-order valence-electron chi connectivity index (χ0n) is 12.3. The molecule has 2 aromatic rings. The van der Waals surface area contributed by atoms with E-state index in [4.69, 9.17) is 12.2 Å². The van der Waals surface area contributed by atoms with Crippen LogP contribution in [0.1, 0.15) is 44.7 Å². The molecule has 0 fully saturated rings. The van der Waals surface area contributed by atoms with Crippen LogP contribution in [0.3, 0.4) is 0 Å². The van der Waals surface area contributed by atoms with Crippen LogP contribution in [0.5, 0.6) is 0 Å². The second-order valence-electron chi connectivity index (χ2n) is 5.54. The van der Waals surface area contributed by atoms with Crippen LogP contribution in [0.15, 0.2) is 11.6 Å². The van der Waals surface area contributed by atoms with Gasteiger partial charge in [-0.15, -0.1) is 0 Å². The molecule has 2 heterocycles. The van der Waals surface area contributed by atoms with Crippen LogP contribution in [-0.4, -0.2) is 19.3 Å². The molecule has 0 amide bonds. The average Bonchev–Trinajstić information content (AvgIpc) is 2.95. The lowest BCUT2D eigenvalue weighted by Gasteiger charge is -2.13. The van der Waals surface area contributed by atoms with Gasteiger partial charge in [0.25, 0.3) is 0 Å². The van der Waals surface area contributed by atoms with Gasteiger partial charge in [0.2, 0.25) is 0 Å². The lowest BCUT2D eigenvalue weighted by molar-refractivity contribution is 0.601. The molecule has 0 spiro atoms. The van der Waals surface area contributed by atoms with Crippen LogP contribution < -0.4 is 0 Å². The molecule has 0 radical (unpaired) electrons. The molecule has 1 aliphatic rings. The Morgan fingerprint density at radius 1 is 1.40 bits per heavy atom. The van der Waals surface area contributed by atoms with Gasteiger partial charge in [-0.1, -0.05) is 11.6 Å². The van der Waals surface area contributed by atoms with Crippen LogP contribution in [0.4, 0.5) is 0 Å². The van der Waals surface area contributed by atoms with Crippen molar-refractivity contribution >= 4 is 23.4 Å². The molecule has 0 atom stereocenters. The summed E-state index contributed by atoms with van der Waals surface area (Å²) in [5.41, 5.74) is 4.86. The van der Waals surface area contributed by atoms with Gasteiger partial charge in [0, 0.05) is 13.1 Å². The van der Waals surface area contributed by atoms with Gasteiger partial charge in [0.15, 0.2) is 10.4 Å². The Bertz CT molecular complexity index is 701. The average molecular weight is 290 g/mol. The predicted octanol–water partition coefficient (Wildman–Crippen LogP) is 4.11. The SMILES string of the molecule is CCn1nc(C)c2[nH]c(=S)n(CCC3=CCCCC3)c21. The second-order valence-corrected chi connectivity index (χ2v) is 5.93. The molecule has 0 saturated carbocycles. The molecule has 1 aliphatic carbocycles. The van der Waals surface area contributed by atoms with E-state index in [1.807, 2.05) is 11.6 Å². The summed E-state index contributed by atoms with van der Waals surface area (Å²) >= 11 is 5.49. The highest BCUT2D eigenvalue weighted by atomic mass is 32.1. The van der Waals surface area contributed by atoms with Gasteiger partial charge in [-0.25, -0.2) is 4.68 Å². The van der Waals surface area contributed by atoms with Crippen molar-refractivity contribution in [2.24, 2.45) is 0 Å². The van der Waals surface area contributed by atoms with Gasteiger partial charge in [-0.05, 0) is 58.2 Å². The number of aromatic nitrogens is 4. The number of imidazole rings is 1. The Labute approximate surface area is 124 Å². The normalized spacial score (nSPS) is 15.8. The van der Waals surface area contributed by atoms with E-state index in [1.165, 1.54) is 25.7 Å². The molecule has 0 saturated heterocycles. The fourth-order valence-corrected chi connectivity index (χ4v) is 3.36. The first-order chi connectivity index (χ1) is 9.70. The van der Waals surface area contributed by atoms with Crippen LogP contribution in [0.25, 0.3) is 11.2 Å². The molecule has 0 aliphatic heterocycles. The lowest BCUT2D eigenvalue weighted by Crippen LogP contribution is -2.06. The third kappa shape index (κ3) is 2.35. The van der Waals surface area contributed by atoms with Gasteiger partial charge < -0.3 is 9.55 Å². The minimum atomic E-state index is 0.819. The van der Waals surface area contributed by atoms with Crippen LogP contribution >= 0.6 is 12.2 Å². The zero-order valence-corrected chi connectivity index (χ0v) is 13.1. The first kappa shape index (κ1) is 13.6. The fourth-order valence-electron chi connectivity index (χ4n) is 3.08. The molecular formula is C15H22N4S. The van der Waals surface area contributed by atoms with Crippen molar-refractivity contribution < 1.29 is 0 Å². The van der Waals surface area contributed by atoms with Crippen molar-refractivity contribution in [2.75, 3.05) is 0 Å². The minimum Gasteiger partial charge on any atom is -0.328 e. The quantitative estimate of drug-likeness (QED) is 0.679. The third-order valence-corrected chi connectivity index (χ3v) is 4.50. The Balaban J connectivity index is 1.92. The predicted molar refractivity (Wildman–Crippen MR) is 84.5 cm³/mol. The van der Waals surface area contributed by atoms with Gasteiger partial charge in [0.05, 0.1) is 5.69 Å². The number of allylic oxidation sites excluding steroid dienone is 2. The molecule has 0 bridgehead atoms. The number of nitrogens with one attached hydrogen (secondary N) is 1. The van der Waals surface area contributed by atoms with Gasteiger partial charge in [-0.2, -0.15) is 5.10 Å². The van der Waals surface area contributed by atoms with E-state index < -0.39 is 0 Å². The highest BCUT2D eigenvalue weighted by Gasteiger charge is 2.14. The summed E-state index contributed by atoms with van der Waals surface area (Å²) in [4.78, 5) is 3.31. The third-order valence-electron chi connectivity index (χ3n) is 4.17. The summed E-state index contributed by atoms with van der Waals surface area (Å²) in [7, 11) is 0. The topological polar surface area (TPSA) is 38.5 Å². The Morgan fingerprint density at radius 3 is 2.95 bits per heavy atom. The molecule has 0 unspecified atom stereocenters. The van der Waals surface area contributed by atoms with Crippen molar-refractivity contribution in [2.45, 2.75) is 59.0 Å². The Hall–Kier alpha value is -1.36. The number of fused-ring (bicyclic) bond motifs is 1. The van der Waals surface area contributed by atoms with E-state index in [-0.39, 0.29) is 0 Å². The number of nitrogens with zero attached hydrogens (tertiary/aromatic N) is 3. The number of aryl methyl sites for hydroxylation is 3. The Morgan fingerprint density at radius 2 is 2.25 bits per heavy atom. The van der Waals surface area contributed by atoms with Crippen LogP contribution in [-0.2, 0) is 13.1 Å². The van der Waals surface area contributed by atoms with Gasteiger partial charge in [-0.3, -0.25) is 0 Å². The Kier molecular flexibility index (Phi) is 3.78. The summed E-state index contributed by atoms with van der Waals surface area (Å²) in [5.74, 6) is 0. The summed E-state index contributed by atoms with van der Waals surface area (Å²) in [6, 6.07) is 0. The first-order valence-corrected chi connectivity index (χ1v) is 7.95. The van der Waals surface area contributed by atoms with Crippen molar-refractivity contribution in [3.05, 3.63) is 22.1 Å². The van der Waals surface area contributed by atoms with Crippen molar-refractivity contribution in [1.82, 2.24) is 19.3 Å². The van der Waals surface area contributed by atoms with Crippen molar-refractivity contribution in [1.29, 1.82) is 0 Å². The highest BCUT2D eigenvalue weighted by Crippen LogP contribution is 2.23. The van der Waals surface area contributed by atoms with E-state index in [9.17, 15) is 0 Å². The van der Waals surface area contributed by atoms with Gasteiger partial charge >= 0.3 is 0 Å². The molecule has 108 valence electrons. The van der Waals surface area contributed by atoms with Crippen molar-refractivity contribution in [3.8, 4) is 0 Å². The molecular weight excluding hydrogens is 268 g/mol. The maximum Gasteiger partial charge on any atom is 0.179 e. The fraction of sp³-hybridized carbons (Fsp3) is 0.600. The van der Waals surface area contributed by atoms with Crippen LogP contribution in [0, 0.1) is 11.7 Å². The number of hydrogen-bond donors (Lipinski definition) is 1. The maximum atomic E-state index is 5.49. The molecule has 4 nitrogen and oxygen atoms in total. The van der Waals surface area contributed by atoms with Crippen molar-refractivity contribution in [3.63, 3.8) is 0 Å². The maximum absolute atomic E-state index is 5.49. The summed E-state index contributed by atoms with van der Waals surface area (Å²) in [6.07, 6.45) is 8.71. The van der Waals surface area contributed by atoms with E-state index in [1.54, 1.807) is 5.57 Å². The summed E-state index contributed by atoms with van der Waals surface area (Å²) in [5, 5.41) is 4.57. The summed E-state index contributed by atoms with van der Waals surface area (Å²) < 4.78 is 5.08. The molecule has 20 heavy (non-hydrogen) atoms. The number of H-pyrrole nitrogens is 1. The number of rotatable bonds is 4. The molecule has 3 rings (SSSR count). The largest absolute Gasteiger partial charge is 0.328 e. The van der Waals surface area contributed by atoms with E-state index in [0.29, 0.717) is 0 Å². The smallest absolute Gasteiger partial charge is 0.179 e. The first-order valence-electron chi connectivity index (χ1n) is 7.54. The number of hydrogen-bond acceptors (Lipinski definition) is 2. The lowest BCUT2D eigenvalue weighted by atomic mass is 9.97. The molecule has 2 aromatic heterocycles. The highest BCUT2D eigenvalue weighted by molar-refractivity contribution is 7.71. The van der Waals surface area contributed by atoms with Crippen LogP contribution in [0.2, 0.25) is 0 Å². The van der Waals surface area contributed by atoms with Gasteiger partial charge in [0.1, 0.15) is 5.52 Å². The monoisotopic (exact) mass is 290 g/mol. The number of aromatic amines is 1. The zero-order chi connectivity index (χ0) is 14.1.